The van der Waals surface area contributed by atoms with Gasteiger partial charge in [-0.15, -0.1) is 0 Å². The summed E-state index contributed by atoms with van der Waals surface area (Å²) in [6.07, 6.45) is 1.70. The summed E-state index contributed by atoms with van der Waals surface area (Å²) in [6.45, 7) is 0. The van der Waals surface area contributed by atoms with Gasteiger partial charge in [-0.2, -0.15) is 13.1 Å². The van der Waals surface area contributed by atoms with Crippen molar-refractivity contribution < 1.29 is 18.3 Å². The van der Waals surface area contributed by atoms with Crippen molar-refractivity contribution in [3.8, 4) is 0 Å². The second-order valence-corrected chi connectivity index (χ2v) is 6.98. The standard InChI is InChI=1S/C11H11N3O4S2/c15-10(16)6-1-4-8-9(5-6)19-11(12-8)14-20(17,18)13-7-2-3-7/h1,4-5,7,13H,2-3H2,(H,12,14)(H,15,16). The number of thiazole rings is 1. The van der Waals surface area contributed by atoms with E-state index in [4.69, 9.17) is 5.11 Å². The first kappa shape index (κ1) is 13.3. The van der Waals surface area contributed by atoms with Crippen molar-refractivity contribution in [2.75, 3.05) is 4.72 Å². The maximum Gasteiger partial charge on any atom is 0.335 e. The van der Waals surface area contributed by atoms with Crippen molar-refractivity contribution in [3.63, 3.8) is 0 Å². The Morgan fingerprint density at radius 3 is 2.80 bits per heavy atom. The number of rotatable bonds is 5. The number of anilines is 1. The van der Waals surface area contributed by atoms with E-state index in [1.54, 1.807) is 6.07 Å². The largest absolute Gasteiger partial charge is 0.478 e. The Hall–Kier alpha value is -1.71. The third kappa shape index (κ3) is 2.89. The molecular formula is C11H11N3O4S2. The van der Waals surface area contributed by atoms with E-state index in [1.807, 2.05) is 0 Å². The van der Waals surface area contributed by atoms with Crippen LogP contribution < -0.4 is 9.44 Å². The Bertz CT molecular complexity index is 780. The fourth-order valence-electron chi connectivity index (χ4n) is 1.67. The number of fused-ring (bicyclic) bond motifs is 1. The van der Waals surface area contributed by atoms with Crippen LogP contribution in [0.2, 0.25) is 0 Å². The second kappa shape index (κ2) is 4.69. The number of carboxylic acids is 1. The predicted octanol–water partition coefficient (Wildman–Crippen LogP) is 1.40. The van der Waals surface area contributed by atoms with Crippen LogP contribution in [0, 0.1) is 0 Å². The van der Waals surface area contributed by atoms with E-state index in [2.05, 4.69) is 14.4 Å². The van der Waals surface area contributed by atoms with Gasteiger partial charge in [0.1, 0.15) is 0 Å². The zero-order valence-corrected chi connectivity index (χ0v) is 11.8. The lowest BCUT2D eigenvalue weighted by atomic mass is 10.2. The molecule has 1 aromatic heterocycles. The van der Waals surface area contributed by atoms with E-state index >= 15 is 0 Å². The number of nitrogens with one attached hydrogen (secondary N) is 2. The van der Waals surface area contributed by atoms with Crippen LogP contribution in [0.3, 0.4) is 0 Å². The van der Waals surface area contributed by atoms with Crippen molar-refractivity contribution in [2.45, 2.75) is 18.9 Å². The molecule has 0 aliphatic heterocycles. The highest BCUT2D eigenvalue weighted by atomic mass is 32.2. The van der Waals surface area contributed by atoms with Crippen molar-refractivity contribution in [1.82, 2.24) is 9.71 Å². The molecular weight excluding hydrogens is 302 g/mol. The van der Waals surface area contributed by atoms with Gasteiger partial charge < -0.3 is 5.11 Å². The topological polar surface area (TPSA) is 108 Å². The zero-order valence-electron chi connectivity index (χ0n) is 10.2. The molecule has 0 amide bonds. The molecule has 7 nitrogen and oxygen atoms in total. The average molecular weight is 313 g/mol. The first-order valence-corrected chi connectivity index (χ1v) is 8.17. The van der Waals surface area contributed by atoms with Crippen molar-refractivity contribution in [2.24, 2.45) is 0 Å². The van der Waals surface area contributed by atoms with Crippen LogP contribution in [0.25, 0.3) is 10.2 Å². The molecule has 1 aliphatic rings. The molecule has 1 saturated carbocycles. The second-order valence-electron chi connectivity index (χ2n) is 4.50. The molecule has 0 radical (unpaired) electrons. The number of carbonyl (C=O) groups is 1. The first-order chi connectivity index (χ1) is 9.43. The summed E-state index contributed by atoms with van der Waals surface area (Å²) in [5.74, 6) is -1.03. The van der Waals surface area contributed by atoms with Gasteiger partial charge >= 0.3 is 16.2 Å². The summed E-state index contributed by atoms with van der Waals surface area (Å²) in [6, 6.07) is 4.48. The van der Waals surface area contributed by atoms with Gasteiger partial charge in [0.05, 0.1) is 15.8 Å². The third-order valence-electron chi connectivity index (χ3n) is 2.76. The zero-order chi connectivity index (χ0) is 14.3. The van der Waals surface area contributed by atoms with Crippen LogP contribution >= 0.6 is 11.3 Å². The van der Waals surface area contributed by atoms with Gasteiger partial charge in [0.2, 0.25) is 0 Å². The number of carboxylic acid groups (broad SMARTS) is 1. The Morgan fingerprint density at radius 1 is 1.40 bits per heavy atom. The molecule has 20 heavy (non-hydrogen) atoms. The van der Waals surface area contributed by atoms with E-state index in [0.717, 1.165) is 24.2 Å². The van der Waals surface area contributed by atoms with Crippen molar-refractivity contribution in [3.05, 3.63) is 23.8 Å². The van der Waals surface area contributed by atoms with Crippen LogP contribution in [-0.2, 0) is 10.2 Å². The fourth-order valence-corrected chi connectivity index (χ4v) is 3.93. The van der Waals surface area contributed by atoms with Crippen LogP contribution in [0.15, 0.2) is 18.2 Å². The Balaban J connectivity index is 1.86. The van der Waals surface area contributed by atoms with Crippen molar-refractivity contribution >= 4 is 42.9 Å². The average Bonchev–Trinajstić information content (AvgIpc) is 3.05. The lowest BCUT2D eigenvalue weighted by molar-refractivity contribution is 0.0697. The first-order valence-electron chi connectivity index (χ1n) is 5.87. The van der Waals surface area contributed by atoms with E-state index in [-0.39, 0.29) is 16.7 Å². The van der Waals surface area contributed by atoms with Crippen LogP contribution in [0.4, 0.5) is 5.13 Å². The number of hydrogen-bond donors (Lipinski definition) is 3. The fraction of sp³-hybridized carbons (Fsp3) is 0.273. The summed E-state index contributed by atoms with van der Waals surface area (Å²) >= 11 is 1.10. The quantitative estimate of drug-likeness (QED) is 0.773. The maximum atomic E-state index is 11.8. The molecule has 1 fully saturated rings. The van der Waals surface area contributed by atoms with Gasteiger partial charge in [-0.3, -0.25) is 0 Å². The minimum atomic E-state index is -3.61. The molecule has 9 heteroatoms. The predicted molar refractivity (Wildman–Crippen MR) is 75.3 cm³/mol. The van der Waals surface area contributed by atoms with E-state index < -0.39 is 16.2 Å². The lowest BCUT2D eigenvalue weighted by Gasteiger charge is -2.04. The molecule has 0 unspecified atom stereocenters. The Kier molecular flexibility index (Phi) is 3.11. The molecule has 0 saturated heterocycles. The summed E-state index contributed by atoms with van der Waals surface area (Å²) in [7, 11) is -3.61. The SMILES string of the molecule is O=C(O)c1ccc2nc(NS(=O)(=O)NC3CC3)sc2c1. The van der Waals surface area contributed by atoms with Gasteiger partial charge in [0.15, 0.2) is 5.13 Å². The van der Waals surface area contributed by atoms with Crippen LogP contribution in [0.1, 0.15) is 23.2 Å². The number of hydrogen-bond acceptors (Lipinski definition) is 5. The molecule has 2 aromatic rings. The highest BCUT2D eigenvalue weighted by Gasteiger charge is 2.27. The molecule has 3 rings (SSSR count). The maximum absolute atomic E-state index is 11.8. The van der Waals surface area contributed by atoms with Gasteiger partial charge in [0.25, 0.3) is 0 Å². The molecule has 0 atom stereocenters. The highest BCUT2D eigenvalue weighted by molar-refractivity contribution is 7.91. The molecule has 1 heterocycles. The molecule has 1 aliphatic carbocycles. The molecule has 0 bridgehead atoms. The smallest absolute Gasteiger partial charge is 0.335 e. The van der Waals surface area contributed by atoms with Gasteiger partial charge in [-0.05, 0) is 31.0 Å². The lowest BCUT2D eigenvalue weighted by Crippen LogP contribution is -2.31. The summed E-state index contributed by atoms with van der Waals surface area (Å²) < 4.78 is 29.0. The monoisotopic (exact) mass is 313 g/mol. The van der Waals surface area contributed by atoms with Gasteiger partial charge in [0, 0.05) is 6.04 Å². The summed E-state index contributed by atoms with van der Waals surface area (Å²) in [5.41, 5.74) is 0.704. The van der Waals surface area contributed by atoms with Gasteiger partial charge in [-0.25, -0.2) is 14.5 Å². The third-order valence-corrected chi connectivity index (χ3v) is 4.92. The number of aromatic carboxylic acids is 1. The Labute approximate surface area is 118 Å². The van der Waals surface area contributed by atoms with E-state index in [9.17, 15) is 13.2 Å². The minimum absolute atomic E-state index is 0.0143. The number of nitrogens with zero attached hydrogens (tertiary/aromatic N) is 1. The summed E-state index contributed by atoms with van der Waals surface area (Å²) in [5, 5.41) is 9.12. The molecule has 3 N–H and O–H groups in total. The van der Waals surface area contributed by atoms with Crippen LogP contribution in [0.5, 0.6) is 0 Å². The van der Waals surface area contributed by atoms with E-state index in [1.165, 1.54) is 12.1 Å². The number of aromatic nitrogens is 1. The van der Waals surface area contributed by atoms with Crippen molar-refractivity contribution in [1.29, 1.82) is 0 Å². The number of benzene rings is 1. The highest BCUT2D eigenvalue weighted by Crippen LogP contribution is 2.28. The van der Waals surface area contributed by atoms with E-state index in [0.29, 0.717) is 10.2 Å². The molecule has 1 aromatic carbocycles. The van der Waals surface area contributed by atoms with Gasteiger partial charge in [-0.1, -0.05) is 11.3 Å². The normalized spacial score (nSPS) is 15.4. The summed E-state index contributed by atoms with van der Waals surface area (Å²) in [4.78, 5) is 15.0. The van der Waals surface area contributed by atoms with Crippen LogP contribution in [-0.4, -0.2) is 30.5 Å². The minimum Gasteiger partial charge on any atom is -0.478 e. The molecule has 106 valence electrons. The Morgan fingerprint density at radius 2 is 2.15 bits per heavy atom. The molecule has 0 spiro atoms.